The van der Waals surface area contributed by atoms with Gasteiger partial charge in [0.15, 0.2) is 0 Å². The third-order valence-corrected chi connectivity index (χ3v) is 4.18. The number of benzene rings is 2. The highest BCUT2D eigenvalue weighted by atomic mass is 35.5. The summed E-state index contributed by atoms with van der Waals surface area (Å²) in [5.41, 5.74) is 0.611. The molecule has 0 aliphatic carbocycles. The van der Waals surface area contributed by atoms with Gasteiger partial charge in [0.05, 0.1) is 5.02 Å². The van der Waals surface area contributed by atoms with Crippen LogP contribution < -0.4 is 9.47 Å². The fraction of sp³-hybridized carbons (Fsp3) is 0.316. The SMILES string of the molecule is CCN(CC)C(=O)c1cccc(OCCOc2cc(Cl)ccc2Cl)c1. The van der Waals surface area contributed by atoms with Gasteiger partial charge in [-0.05, 0) is 44.2 Å². The molecule has 4 nitrogen and oxygen atoms in total. The molecule has 25 heavy (non-hydrogen) atoms. The van der Waals surface area contributed by atoms with E-state index in [1.54, 1.807) is 41.3 Å². The van der Waals surface area contributed by atoms with Crippen LogP contribution in [-0.4, -0.2) is 37.1 Å². The molecule has 0 bridgehead atoms. The molecule has 0 N–H and O–H groups in total. The average molecular weight is 382 g/mol. The van der Waals surface area contributed by atoms with E-state index in [9.17, 15) is 4.79 Å². The summed E-state index contributed by atoms with van der Waals surface area (Å²) in [5.74, 6) is 1.14. The summed E-state index contributed by atoms with van der Waals surface area (Å²) in [5, 5.41) is 1.05. The highest BCUT2D eigenvalue weighted by molar-refractivity contribution is 6.34. The number of carbonyl (C=O) groups is 1. The van der Waals surface area contributed by atoms with E-state index in [0.29, 0.717) is 53.4 Å². The van der Waals surface area contributed by atoms with Crippen molar-refractivity contribution < 1.29 is 14.3 Å². The average Bonchev–Trinajstić information content (AvgIpc) is 2.62. The Morgan fingerprint density at radius 3 is 2.44 bits per heavy atom. The summed E-state index contributed by atoms with van der Waals surface area (Å²) >= 11 is 12.0. The van der Waals surface area contributed by atoms with Gasteiger partial charge < -0.3 is 14.4 Å². The molecule has 0 heterocycles. The molecule has 2 rings (SSSR count). The van der Waals surface area contributed by atoms with Gasteiger partial charge in [-0.2, -0.15) is 0 Å². The molecule has 0 aliphatic rings. The van der Waals surface area contributed by atoms with Crippen LogP contribution in [-0.2, 0) is 0 Å². The molecule has 2 aromatic carbocycles. The van der Waals surface area contributed by atoms with Gasteiger partial charge in [-0.15, -0.1) is 0 Å². The molecule has 0 spiro atoms. The number of nitrogens with zero attached hydrogens (tertiary/aromatic N) is 1. The van der Waals surface area contributed by atoms with E-state index in [1.807, 2.05) is 19.9 Å². The van der Waals surface area contributed by atoms with Crippen LogP contribution in [0.25, 0.3) is 0 Å². The second-order valence-electron chi connectivity index (χ2n) is 5.28. The van der Waals surface area contributed by atoms with Gasteiger partial charge in [-0.1, -0.05) is 29.3 Å². The van der Waals surface area contributed by atoms with Gasteiger partial charge in [0, 0.05) is 29.7 Å². The standard InChI is InChI=1S/C19H21Cl2NO3/c1-3-22(4-2)19(23)14-6-5-7-16(12-14)24-10-11-25-18-13-15(20)8-9-17(18)21/h5-9,12-13H,3-4,10-11H2,1-2H3. The zero-order valence-electron chi connectivity index (χ0n) is 14.3. The van der Waals surface area contributed by atoms with E-state index in [-0.39, 0.29) is 5.91 Å². The van der Waals surface area contributed by atoms with E-state index in [1.165, 1.54) is 0 Å². The molecule has 0 aliphatic heterocycles. The lowest BCUT2D eigenvalue weighted by atomic mass is 10.2. The Balaban J connectivity index is 1.90. The van der Waals surface area contributed by atoms with Crippen LogP contribution in [0.3, 0.4) is 0 Å². The van der Waals surface area contributed by atoms with E-state index < -0.39 is 0 Å². The van der Waals surface area contributed by atoms with Gasteiger partial charge in [0.2, 0.25) is 0 Å². The van der Waals surface area contributed by atoms with E-state index in [2.05, 4.69) is 0 Å². The topological polar surface area (TPSA) is 38.8 Å². The fourth-order valence-corrected chi connectivity index (χ4v) is 2.65. The van der Waals surface area contributed by atoms with Crippen molar-refractivity contribution in [1.29, 1.82) is 0 Å². The third-order valence-electron chi connectivity index (χ3n) is 3.63. The molecule has 0 saturated carbocycles. The van der Waals surface area contributed by atoms with Crippen molar-refractivity contribution in [3.05, 3.63) is 58.1 Å². The van der Waals surface area contributed by atoms with Crippen LogP contribution >= 0.6 is 23.2 Å². The van der Waals surface area contributed by atoms with Crippen molar-refractivity contribution in [2.75, 3.05) is 26.3 Å². The number of hydrogen-bond acceptors (Lipinski definition) is 3. The lowest BCUT2D eigenvalue weighted by Crippen LogP contribution is -2.30. The molecule has 0 saturated heterocycles. The maximum Gasteiger partial charge on any atom is 0.253 e. The number of halogens is 2. The number of amides is 1. The molecular formula is C19H21Cl2NO3. The van der Waals surface area contributed by atoms with Gasteiger partial charge >= 0.3 is 0 Å². The quantitative estimate of drug-likeness (QED) is 0.608. The highest BCUT2D eigenvalue weighted by Gasteiger charge is 2.12. The van der Waals surface area contributed by atoms with Crippen molar-refractivity contribution >= 4 is 29.1 Å². The minimum Gasteiger partial charge on any atom is -0.490 e. The van der Waals surface area contributed by atoms with E-state index >= 15 is 0 Å². The minimum absolute atomic E-state index is 0.00240. The van der Waals surface area contributed by atoms with Crippen LogP contribution in [0.5, 0.6) is 11.5 Å². The van der Waals surface area contributed by atoms with Crippen molar-refractivity contribution in [3.8, 4) is 11.5 Å². The fourth-order valence-electron chi connectivity index (χ4n) is 2.31. The molecule has 1 amide bonds. The van der Waals surface area contributed by atoms with Gasteiger partial charge in [-0.25, -0.2) is 0 Å². The summed E-state index contributed by atoms with van der Waals surface area (Å²) in [6.07, 6.45) is 0. The molecule has 0 atom stereocenters. The molecule has 0 fully saturated rings. The number of hydrogen-bond donors (Lipinski definition) is 0. The maximum absolute atomic E-state index is 12.4. The molecule has 0 aromatic heterocycles. The monoisotopic (exact) mass is 381 g/mol. The Morgan fingerprint density at radius 1 is 1.00 bits per heavy atom. The van der Waals surface area contributed by atoms with E-state index in [4.69, 9.17) is 32.7 Å². The van der Waals surface area contributed by atoms with Crippen LogP contribution in [0.15, 0.2) is 42.5 Å². The van der Waals surface area contributed by atoms with Crippen molar-refractivity contribution in [1.82, 2.24) is 4.90 Å². The Morgan fingerprint density at radius 2 is 1.72 bits per heavy atom. The Kier molecular flexibility index (Phi) is 7.41. The molecule has 0 radical (unpaired) electrons. The first-order valence-corrected chi connectivity index (χ1v) is 8.90. The number of carbonyl (C=O) groups excluding carboxylic acids is 1. The Hall–Kier alpha value is -1.91. The molecule has 6 heteroatoms. The van der Waals surface area contributed by atoms with Crippen LogP contribution in [0.4, 0.5) is 0 Å². The van der Waals surface area contributed by atoms with E-state index in [0.717, 1.165) is 0 Å². The zero-order chi connectivity index (χ0) is 18.2. The largest absolute Gasteiger partial charge is 0.490 e. The minimum atomic E-state index is -0.00240. The molecule has 2 aromatic rings. The normalized spacial score (nSPS) is 10.4. The summed E-state index contributed by atoms with van der Waals surface area (Å²) in [6.45, 7) is 5.91. The van der Waals surface area contributed by atoms with Gasteiger partial charge in [0.25, 0.3) is 5.91 Å². The molecule has 0 unspecified atom stereocenters. The van der Waals surface area contributed by atoms with Gasteiger partial charge in [-0.3, -0.25) is 4.79 Å². The lowest BCUT2D eigenvalue weighted by Gasteiger charge is -2.19. The Labute approximate surface area is 158 Å². The zero-order valence-corrected chi connectivity index (χ0v) is 15.8. The smallest absolute Gasteiger partial charge is 0.253 e. The first kappa shape index (κ1) is 19.4. The molecular weight excluding hydrogens is 361 g/mol. The highest BCUT2D eigenvalue weighted by Crippen LogP contribution is 2.27. The van der Waals surface area contributed by atoms with Crippen molar-refractivity contribution in [2.45, 2.75) is 13.8 Å². The number of ether oxygens (including phenoxy) is 2. The van der Waals surface area contributed by atoms with Crippen LogP contribution in [0.1, 0.15) is 24.2 Å². The van der Waals surface area contributed by atoms with Crippen LogP contribution in [0.2, 0.25) is 10.0 Å². The summed E-state index contributed by atoms with van der Waals surface area (Å²) in [6, 6.07) is 12.2. The first-order valence-electron chi connectivity index (χ1n) is 8.15. The second-order valence-corrected chi connectivity index (χ2v) is 6.12. The van der Waals surface area contributed by atoms with Crippen molar-refractivity contribution in [3.63, 3.8) is 0 Å². The van der Waals surface area contributed by atoms with Crippen molar-refractivity contribution in [2.24, 2.45) is 0 Å². The number of rotatable bonds is 8. The summed E-state index contributed by atoms with van der Waals surface area (Å²) in [7, 11) is 0. The summed E-state index contributed by atoms with van der Waals surface area (Å²) < 4.78 is 11.2. The predicted octanol–water partition coefficient (Wildman–Crippen LogP) is 4.93. The van der Waals surface area contributed by atoms with Gasteiger partial charge in [0.1, 0.15) is 24.7 Å². The maximum atomic E-state index is 12.4. The predicted molar refractivity (Wildman–Crippen MR) is 101 cm³/mol. The van der Waals surface area contributed by atoms with Crippen LogP contribution in [0, 0.1) is 0 Å². The first-order chi connectivity index (χ1) is 12.0. The summed E-state index contributed by atoms with van der Waals surface area (Å²) in [4.78, 5) is 14.1. The second kappa shape index (κ2) is 9.54. The lowest BCUT2D eigenvalue weighted by molar-refractivity contribution is 0.0772. The Bertz CT molecular complexity index is 718. The third kappa shape index (κ3) is 5.55. The molecule has 134 valence electrons.